The van der Waals surface area contributed by atoms with Crippen molar-refractivity contribution in [3.63, 3.8) is 0 Å². The van der Waals surface area contributed by atoms with E-state index in [1.165, 1.54) is 31.3 Å². The molecule has 1 amide bonds. The predicted molar refractivity (Wildman–Crippen MR) is 115 cm³/mol. The standard InChI is InChI=1S/C24H38NO3P/c1-22(2,3)25(15-26)21-9-8-19-18-7-6-16-14-17(29(27)28)10-12-23(16,4)20(18)11-13-24(19,21)5/h14-15,17-21H,6-13H2,1-5H3/t17?,18-,19-,20-,21-,23-,24-/m0/s1. The molecule has 0 aliphatic heterocycles. The minimum atomic E-state index is -2.35. The Labute approximate surface area is 176 Å². The Morgan fingerprint density at radius 2 is 1.76 bits per heavy atom. The number of hydrogen-bond acceptors (Lipinski definition) is 3. The van der Waals surface area contributed by atoms with Gasteiger partial charge in [0, 0.05) is 11.6 Å². The summed E-state index contributed by atoms with van der Waals surface area (Å²) >= 11 is 0. The van der Waals surface area contributed by atoms with Crippen LogP contribution in [0.4, 0.5) is 0 Å². The highest BCUT2D eigenvalue weighted by atomic mass is 31.1. The largest absolute Gasteiger partial charge is 0.337 e. The Balaban J connectivity index is 1.62. The Hall–Kier alpha value is -0.890. The predicted octanol–water partition coefficient (Wildman–Crippen LogP) is 6.12. The second kappa shape index (κ2) is 7.08. The van der Waals surface area contributed by atoms with Crippen LogP contribution in [0, 0.1) is 28.6 Å². The average Bonchev–Trinajstić information content (AvgIpc) is 2.97. The van der Waals surface area contributed by atoms with E-state index in [9.17, 15) is 13.9 Å². The first-order chi connectivity index (χ1) is 13.5. The molecule has 3 fully saturated rings. The molecule has 0 aromatic rings. The van der Waals surface area contributed by atoms with Crippen molar-refractivity contribution in [1.29, 1.82) is 0 Å². The molecule has 0 aromatic heterocycles. The number of rotatable bonds is 3. The van der Waals surface area contributed by atoms with Gasteiger partial charge in [-0.1, -0.05) is 25.5 Å². The first-order valence-electron chi connectivity index (χ1n) is 11.6. The molecule has 4 nitrogen and oxygen atoms in total. The van der Waals surface area contributed by atoms with Gasteiger partial charge in [-0.05, 0) is 101 Å². The third-order valence-corrected chi connectivity index (χ3v) is 10.5. The maximum Gasteiger partial charge on any atom is 0.322 e. The van der Waals surface area contributed by atoms with Crippen molar-refractivity contribution in [1.82, 2.24) is 4.90 Å². The summed E-state index contributed by atoms with van der Waals surface area (Å²) < 4.78 is 23.2. The summed E-state index contributed by atoms with van der Waals surface area (Å²) in [7, 11) is -2.35. The summed E-state index contributed by atoms with van der Waals surface area (Å²) in [5.74, 6) is 2.07. The fourth-order valence-electron chi connectivity index (χ4n) is 8.00. The van der Waals surface area contributed by atoms with Crippen LogP contribution in [0.15, 0.2) is 11.6 Å². The maximum absolute atomic E-state index is 12.0. The van der Waals surface area contributed by atoms with E-state index in [4.69, 9.17) is 0 Å². The van der Waals surface area contributed by atoms with Gasteiger partial charge in [0.2, 0.25) is 6.41 Å². The van der Waals surface area contributed by atoms with E-state index in [0.29, 0.717) is 23.8 Å². The van der Waals surface area contributed by atoms with Crippen molar-refractivity contribution in [2.24, 2.45) is 28.6 Å². The summed E-state index contributed by atoms with van der Waals surface area (Å²) in [4.78, 5) is 14.1. The Morgan fingerprint density at radius 1 is 1.03 bits per heavy atom. The van der Waals surface area contributed by atoms with E-state index in [1.54, 1.807) is 0 Å². The smallest absolute Gasteiger partial charge is 0.322 e. The highest BCUT2D eigenvalue weighted by molar-refractivity contribution is 7.32. The van der Waals surface area contributed by atoms with Gasteiger partial charge in [0.05, 0.1) is 5.66 Å². The average molecular weight is 420 g/mol. The molecule has 5 heteroatoms. The molecule has 0 radical (unpaired) electrons. The molecule has 0 spiro atoms. The Morgan fingerprint density at radius 3 is 2.38 bits per heavy atom. The molecule has 4 rings (SSSR count). The van der Waals surface area contributed by atoms with Gasteiger partial charge in [-0.25, -0.2) is 9.13 Å². The second-order valence-electron chi connectivity index (χ2n) is 11.7. The number of hydrogen-bond donors (Lipinski definition) is 0. The molecular formula is C24H38NO3P. The van der Waals surface area contributed by atoms with E-state index < -0.39 is 7.68 Å². The molecule has 4 aliphatic rings. The third-order valence-electron chi connectivity index (χ3n) is 9.53. The number of amides is 1. The summed E-state index contributed by atoms with van der Waals surface area (Å²) in [6, 6.07) is 0.343. The van der Waals surface area contributed by atoms with Crippen LogP contribution in [0.3, 0.4) is 0 Å². The van der Waals surface area contributed by atoms with Gasteiger partial charge in [-0.2, -0.15) is 0 Å². The summed E-state index contributed by atoms with van der Waals surface area (Å²) in [6.07, 6.45) is 12.0. The SMILES string of the molecule is CC(C)(C)N(C=O)[C@H]1CC[C@H]2[C@@H]3CCC4=CC(P(=O)=O)CC[C@]4(C)[C@H]3CC[C@]12C. The fraction of sp³-hybridized carbons (Fsp3) is 0.875. The zero-order chi connectivity index (χ0) is 21.2. The molecule has 1 unspecified atom stereocenters. The second-order valence-corrected chi connectivity index (χ2v) is 13.0. The molecule has 29 heavy (non-hydrogen) atoms. The van der Waals surface area contributed by atoms with Crippen LogP contribution in [0.25, 0.3) is 0 Å². The lowest BCUT2D eigenvalue weighted by Crippen LogP contribution is -2.57. The zero-order valence-corrected chi connectivity index (χ0v) is 19.7. The van der Waals surface area contributed by atoms with E-state index >= 15 is 0 Å². The molecule has 162 valence electrons. The molecule has 0 bridgehead atoms. The first-order valence-corrected chi connectivity index (χ1v) is 12.9. The zero-order valence-electron chi connectivity index (χ0n) is 18.8. The number of nitrogens with zero attached hydrogens (tertiary/aromatic N) is 1. The molecule has 0 heterocycles. The molecule has 4 aliphatic carbocycles. The van der Waals surface area contributed by atoms with Gasteiger partial charge in [0.15, 0.2) is 0 Å². The lowest BCUT2D eigenvalue weighted by Gasteiger charge is -2.59. The highest BCUT2D eigenvalue weighted by Gasteiger charge is 2.60. The Kier molecular flexibility index (Phi) is 5.21. The van der Waals surface area contributed by atoms with Crippen molar-refractivity contribution >= 4 is 14.1 Å². The van der Waals surface area contributed by atoms with Crippen LogP contribution in [0.5, 0.6) is 0 Å². The molecule has 7 atom stereocenters. The van der Waals surface area contributed by atoms with Crippen molar-refractivity contribution in [2.75, 3.05) is 0 Å². The quantitative estimate of drug-likeness (QED) is 0.315. The first kappa shape index (κ1) is 21.3. The molecule has 3 saturated carbocycles. The molecule has 0 N–H and O–H groups in total. The van der Waals surface area contributed by atoms with Crippen LogP contribution < -0.4 is 0 Å². The van der Waals surface area contributed by atoms with E-state index in [-0.39, 0.29) is 22.0 Å². The summed E-state index contributed by atoms with van der Waals surface area (Å²) in [5, 5.41) is 0. The number of carbonyl (C=O) groups excluding carboxylic acids is 1. The monoisotopic (exact) mass is 419 g/mol. The van der Waals surface area contributed by atoms with Gasteiger partial charge < -0.3 is 4.90 Å². The van der Waals surface area contributed by atoms with Crippen molar-refractivity contribution < 1.29 is 13.9 Å². The van der Waals surface area contributed by atoms with Crippen molar-refractivity contribution in [3.05, 3.63) is 11.6 Å². The van der Waals surface area contributed by atoms with E-state index in [0.717, 1.165) is 32.1 Å². The number of fused-ring (bicyclic) bond motifs is 5. The highest BCUT2D eigenvalue weighted by Crippen LogP contribution is 2.66. The Bertz CT molecular complexity index is 773. The number of carbonyl (C=O) groups is 1. The third kappa shape index (κ3) is 3.20. The molecule has 0 saturated heterocycles. The van der Waals surface area contributed by atoms with Crippen molar-refractivity contribution in [3.8, 4) is 0 Å². The maximum atomic E-state index is 12.0. The van der Waals surface area contributed by atoms with Gasteiger partial charge in [0.1, 0.15) is 0 Å². The van der Waals surface area contributed by atoms with Crippen LogP contribution >= 0.6 is 7.68 Å². The molecular weight excluding hydrogens is 381 g/mol. The number of allylic oxidation sites excluding steroid dienone is 2. The van der Waals surface area contributed by atoms with Crippen molar-refractivity contribution in [2.45, 2.75) is 103 Å². The van der Waals surface area contributed by atoms with Gasteiger partial charge >= 0.3 is 7.68 Å². The van der Waals surface area contributed by atoms with Crippen LogP contribution in [-0.2, 0) is 13.9 Å². The molecule has 0 aromatic carbocycles. The van der Waals surface area contributed by atoms with E-state index in [2.05, 4.69) is 45.6 Å². The summed E-state index contributed by atoms with van der Waals surface area (Å²) in [5.41, 5.74) is 1.43. The lowest BCUT2D eigenvalue weighted by molar-refractivity contribution is -0.132. The van der Waals surface area contributed by atoms with E-state index in [1.807, 2.05) is 0 Å². The van der Waals surface area contributed by atoms with Gasteiger partial charge in [0.25, 0.3) is 0 Å². The minimum absolute atomic E-state index is 0.136. The normalized spacial score (nSPS) is 44.2. The van der Waals surface area contributed by atoms with Gasteiger partial charge in [-0.3, -0.25) is 4.79 Å². The topological polar surface area (TPSA) is 54.5 Å². The lowest BCUT2D eigenvalue weighted by atomic mass is 9.47. The van der Waals surface area contributed by atoms with Crippen LogP contribution in [-0.4, -0.2) is 28.5 Å². The van der Waals surface area contributed by atoms with Gasteiger partial charge in [-0.15, -0.1) is 0 Å². The fourth-order valence-corrected chi connectivity index (χ4v) is 8.65. The minimum Gasteiger partial charge on any atom is -0.337 e. The summed E-state index contributed by atoms with van der Waals surface area (Å²) in [6.45, 7) is 11.3. The van der Waals surface area contributed by atoms with Crippen LogP contribution in [0.2, 0.25) is 0 Å². The van der Waals surface area contributed by atoms with Crippen LogP contribution in [0.1, 0.15) is 86.0 Å².